The fraction of sp³-hybridized carbons (Fsp3) is 0.409. The van der Waals surface area contributed by atoms with Gasteiger partial charge in [0.15, 0.2) is 0 Å². The molecule has 5 nitrogen and oxygen atoms in total. The highest BCUT2D eigenvalue weighted by atomic mass is 16.5. The summed E-state index contributed by atoms with van der Waals surface area (Å²) < 4.78 is 10.9. The summed E-state index contributed by atoms with van der Waals surface area (Å²) in [6, 6.07) is 13.5. The number of hydrogen-bond donors (Lipinski definition) is 1. The van der Waals surface area contributed by atoms with Crippen LogP contribution in [0.1, 0.15) is 42.1 Å². The third kappa shape index (κ3) is 4.80. The molecule has 0 saturated carbocycles. The smallest absolute Gasteiger partial charge is 0.255 e. The van der Waals surface area contributed by atoms with Gasteiger partial charge in [-0.1, -0.05) is 12.1 Å². The molecule has 1 saturated heterocycles. The number of hydrogen-bond acceptors (Lipinski definition) is 4. The van der Waals surface area contributed by atoms with Crippen LogP contribution in [0, 0.1) is 0 Å². The molecule has 1 N–H and O–H groups in total. The summed E-state index contributed by atoms with van der Waals surface area (Å²) in [5, 5.41) is 3.08. The molecule has 1 heterocycles. The second-order valence-electron chi connectivity index (χ2n) is 6.68. The van der Waals surface area contributed by atoms with Gasteiger partial charge < -0.3 is 19.7 Å². The number of amides is 1. The molecule has 3 rings (SSSR count). The van der Waals surface area contributed by atoms with Crippen molar-refractivity contribution in [2.24, 2.45) is 0 Å². The van der Waals surface area contributed by atoms with Gasteiger partial charge in [-0.25, -0.2) is 0 Å². The highest BCUT2D eigenvalue weighted by Crippen LogP contribution is 2.29. The number of rotatable bonds is 7. The lowest BCUT2D eigenvalue weighted by atomic mass is 10.1. The first-order chi connectivity index (χ1) is 13.2. The normalized spacial score (nSPS) is 14.1. The molecule has 0 spiro atoms. The Kier molecular flexibility index (Phi) is 6.71. The van der Waals surface area contributed by atoms with E-state index in [2.05, 4.69) is 16.3 Å². The van der Waals surface area contributed by atoms with Gasteiger partial charge in [0.2, 0.25) is 0 Å². The number of carbonyl (C=O) groups excluding carboxylic acids is 1. The third-order valence-electron chi connectivity index (χ3n) is 4.85. The average molecular weight is 368 g/mol. The van der Waals surface area contributed by atoms with Crippen LogP contribution in [0.15, 0.2) is 42.5 Å². The second kappa shape index (κ2) is 9.42. The maximum absolute atomic E-state index is 12.9. The maximum Gasteiger partial charge on any atom is 0.255 e. The Morgan fingerprint density at radius 1 is 1.11 bits per heavy atom. The van der Waals surface area contributed by atoms with E-state index in [-0.39, 0.29) is 5.91 Å². The summed E-state index contributed by atoms with van der Waals surface area (Å²) in [7, 11) is 1.62. The molecule has 1 aliphatic rings. The Balaban J connectivity index is 1.79. The van der Waals surface area contributed by atoms with E-state index in [4.69, 9.17) is 9.47 Å². The van der Waals surface area contributed by atoms with E-state index < -0.39 is 0 Å². The second-order valence-corrected chi connectivity index (χ2v) is 6.68. The maximum atomic E-state index is 12.9. The highest BCUT2D eigenvalue weighted by Gasteiger charge is 2.17. The van der Waals surface area contributed by atoms with Gasteiger partial charge in [-0.2, -0.15) is 0 Å². The number of para-hydroxylation sites is 2. The van der Waals surface area contributed by atoms with Crippen molar-refractivity contribution in [3.63, 3.8) is 0 Å². The number of nitrogens with zero attached hydrogens (tertiary/aromatic N) is 1. The minimum absolute atomic E-state index is 0.125. The average Bonchev–Trinajstić information content (AvgIpc) is 2.73. The summed E-state index contributed by atoms with van der Waals surface area (Å²) >= 11 is 0. The lowest BCUT2D eigenvalue weighted by Crippen LogP contribution is -2.30. The topological polar surface area (TPSA) is 50.8 Å². The first kappa shape index (κ1) is 19.2. The fourth-order valence-electron chi connectivity index (χ4n) is 3.43. The van der Waals surface area contributed by atoms with Crippen LogP contribution in [0.25, 0.3) is 0 Å². The van der Waals surface area contributed by atoms with Crippen LogP contribution in [0.2, 0.25) is 0 Å². The van der Waals surface area contributed by atoms with Gasteiger partial charge >= 0.3 is 0 Å². The van der Waals surface area contributed by atoms with Gasteiger partial charge in [0.25, 0.3) is 5.91 Å². The summed E-state index contributed by atoms with van der Waals surface area (Å²) in [5.41, 5.74) is 3.41. The zero-order valence-corrected chi connectivity index (χ0v) is 16.2. The van der Waals surface area contributed by atoms with Crippen molar-refractivity contribution in [2.75, 3.05) is 37.0 Å². The zero-order chi connectivity index (χ0) is 19.1. The highest BCUT2D eigenvalue weighted by molar-refractivity contribution is 6.06. The monoisotopic (exact) mass is 368 g/mol. The quantitative estimate of drug-likeness (QED) is 0.783. The molecule has 144 valence electrons. The lowest BCUT2D eigenvalue weighted by molar-refractivity contribution is 0.102. The Hall–Kier alpha value is -2.53. The Bertz CT molecular complexity index is 770. The van der Waals surface area contributed by atoms with Crippen molar-refractivity contribution < 1.29 is 14.3 Å². The van der Waals surface area contributed by atoms with Crippen LogP contribution in [-0.2, 0) is 11.3 Å². The van der Waals surface area contributed by atoms with Crippen LogP contribution in [0.5, 0.6) is 5.75 Å². The van der Waals surface area contributed by atoms with Crippen LogP contribution >= 0.6 is 0 Å². The summed E-state index contributed by atoms with van der Waals surface area (Å²) in [4.78, 5) is 15.2. The minimum atomic E-state index is -0.125. The Morgan fingerprint density at radius 3 is 2.63 bits per heavy atom. The van der Waals surface area contributed by atoms with Gasteiger partial charge in [0, 0.05) is 30.8 Å². The summed E-state index contributed by atoms with van der Waals surface area (Å²) in [6.45, 7) is 5.05. The van der Waals surface area contributed by atoms with Gasteiger partial charge in [0.05, 0.1) is 25.1 Å². The van der Waals surface area contributed by atoms with Gasteiger partial charge in [-0.15, -0.1) is 0 Å². The predicted molar refractivity (Wildman–Crippen MR) is 109 cm³/mol. The van der Waals surface area contributed by atoms with Crippen molar-refractivity contribution >= 4 is 17.3 Å². The van der Waals surface area contributed by atoms with Crippen molar-refractivity contribution in [2.45, 2.75) is 32.8 Å². The number of anilines is 2. The summed E-state index contributed by atoms with van der Waals surface area (Å²) in [5.74, 6) is 0.605. The van der Waals surface area contributed by atoms with Crippen molar-refractivity contribution in [3.8, 4) is 5.75 Å². The molecular formula is C22H28N2O3. The molecule has 0 bridgehead atoms. The van der Waals surface area contributed by atoms with E-state index in [1.54, 1.807) is 13.2 Å². The number of nitrogens with one attached hydrogen (secondary N) is 1. The molecule has 27 heavy (non-hydrogen) atoms. The minimum Gasteiger partial charge on any atom is -0.496 e. The molecule has 0 unspecified atom stereocenters. The molecule has 2 aromatic carbocycles. The molecule has 5 heteroatoms. The Labute approximate surface area is 161 Å². The Morgan fingerprint density at radius 2 is 1.89 bits per heavy atom. The molecule has 0 atom stereocenters. The van der Waals surface area contributed by atoms with E-state index in [0.29, 0.717) is 18.8 Å². The molecule has 1 aliphatic heterocycles. The van der Waals surface area contributed by atoms with E-state index >= 15 is 0 Å². The molecular weight excluding hydrogens is 340 g/mol. The molecule has 2 aromatic rings. The van der Waals surface area contributed by atoms with Crippen molar-refractivity contribution in [1.29, 1.82) is 0 Å². The van der Waals surface area contributed by atoms with E-state index in [1.165, 1.54) is 19.3 Å². The van der Waals surface area contributed by atoms with Crippen molar-refractivity contribution in [1.82, 2.24) is 0 Å². The third-order valence-corrected chi connectivity index (χ3v) is 4.85. The first-order valence-electron chi connectivity index (χ1n) is 9.63. The summed E-state index contributed by atoms with van der Waals surface area (Å²) in [6.07, 6.45) is 3.67. The van der Waals surface area contributed by atoms with Gasteiger partial charge in [-0.05, 0) is 56.5 Å². The first-order valence-corrected chi connectivity index (χ1v) is 9.63. The number of carbonyl (C=O) groups is 1. The lowest BCUT2D eigenvalue weighted by Gasteiger charge is -2.30. The van der Waals surface area contributed by atoms with E-state index in [0.717, 1.165) is 35.8 Å². The number of piperidine rings is 1. The molecule has 0 radical (unpaired) electrons. The van der Waals surface area contributed by atoms with Crippen molar-refractivity contribution in [3.05, 3.63) is 53.6 Å². The SMILES string of the molecule is CCOCc1cc(C(=O)Nc2ccccc2N2CCCCC2)ccc1OC. The van der Waals surface area contributed by atoms with Gasteiger partial charge in [0.1, 0.15) is 5.75 Å². The molecule has 1 amide bonds. The van der Waals surface area contributed by atoms with E-state index in [9.17, 15) is 4.79 Å². The predicted octanol–water partition coefficient (Wildman–Crippen LogP) is 4.47. The van der Waals surface area contributed by atoms with Crippen LogP contribution in [0.4, 0.5) is 11.4 Å². The zero-order valence-electron chi connectivity index (χ0n) is 16.2. The largest absolute Gasteiger partial charge is 0.496 e. The molecule has 0 aromatic heterocycles. The van der Waals surface area contributed by atoms with Crippen LogP contribution in [-0.4, -0.2) is 32.7 Å². The van der Waals surface area contributed by atoms with Crippen LogP contribution < -0.4 is 15.0 Å². The fourth-order valence-corrected chi connectivity index (χ4v) is 3.43. The molecule has 0 aliphatic carbocycles. The van der Waals surface area contributed by atoms with Gasteiger partial charge in [-0.3, -0.25) is 4.79 Å². The molecule has 1 fully saturated rings. The standard InChI is InChI=1S/C22H28N2O3/c1-3-27-16-18-15-17(11-12-21(18)26-2)22(25)23-19-9-5-6-10-20(19)24-13-7-4-8-14-24/h5-6,9-12,15H,3-4,7-8,13-14,16H2,1-2H3,(H,23,25). The number of methoxy groups -OCH3 is 1. The number of benzene rings is 2. The van der Waals surface area contributed by atoms with Crippen LogP contribution in [0.3, 0.4) is 0 Å². The van der Waals surface area contributed by atoms with E-state index in [1.807, 2.05) is 37.3 Å². The number of ether oxygens (including phenoxy) is 2.